The first-order chi connectivity index (χ1) is 10.2. The summed E-state index contributed by atoms with van der Waals surface area (Å²) in [6, 6.07) is 13.9. The van der Waals surface area contributed by atoms with Gasteiger partial charge in [-0.2, -0.15) is 0 Å². The van der Waals surface area contributed by atoms with Crippen LogP contribution in [0.2, 0.25) is 0 Å². The first kappa shape index (κ1) is 13.1. The van der Waals surface area contributed by atoms with Gasteiger partial charge in [-0.25, -0.2) is 0 Å². The molecule has 21 heavy (non-hydrogen) atoms. The van der Waals surface area contributed by atoms with Gasteiger partial charge >= 0.3 is 5.69 Å². The smallest absolute Gasteiger partial charge is 0.338 e. The maximum absolute atomic E-state index is 11.0. The number of hydrogen-bond acceptors (Lipinski definition) is 4. The third kappa shape index (κ3) is 2.41. The Labute approximate surface area is 120 Å². The largest absolute Gasteiger partial charge is 0.354 e. The van der Waals surface area contributed by atoms with Gasteiger partial charge in [0.15, 0.2) is 5.69 Å². The molecule has 0 saturated heterocycles. The number of aromatic nitrogens is 1. The Morgan fingerprint density at radius 3 is 2.71 bits per heavy atom. The number of hydrogen-bond donors (Lipinski definition) is 0. The van der Waals surface area contributed by atoms with Crippen molar-refractivity contribution in [2.45, 2.75) is 6.92 Å². The molecular formula is C16H12N2O3. The van der Waals surface area contributed by atoms with Gasteiger partial charge in [-0.05, 0) is 22.4 Å². The minimum absolute atomic E-state index is 0.0912. The van der Waals surface area contributed by atoms with E-state index in [2.05, 4.69) is 5.16 Å². The molecule has 0 N–H and O–H groups in total. The Hall–Kier alpha value is -2.95. The minimum atomic E-state index is -0.478. The Kier molecular flexibility index (Phi) is 3.23. The molecule has 0 radical (unpaired) electrons. The molecule has 1 aromatic heterocycles. The summed E-state index contributed by atoms with van der Waals surface area (Å²) < 4.78 is 4.89. The second kappa shape index (κ2) is 5.20. The van der Waals surface area contributed by atoms with Gasteiger partial charge < -0.3 is 4.52 Å². The van der Waals surface area contributed by atoms with E-state index in [-0.39, 0.29) is 17.1 Å². The van der Waals surface area contributed by atoms with E-state index in [1.165, 1.54) is 6.92 Å². The first-order valence-corrected chi connectivity index (χ1v) is 6.43. The van der Waals surface area contributed by atoms with Gasteiger partial charge in [-0.3, -0.25) is 10.1 Å². The van der Waals surface area contributed by atoms with Crippen LogP contribution in [0, 0.1) is 17.0 Å². The lowest BCUT2D eigenvalue weighted by Crippen LogP contribution is -1.90. The van der Waals surface area contributed by atoms with Gasteiger partial charge in [-0.15, -0.1) is 0 Å². The molecule has 5 nitrogen and oxygen atoms in total. The molecule has 0 bridgehead atoms. The quantitative estimate of drug-likeness (QED) is 0.532. The van der Waals surface area contributed by atoms with E-state index < -0.39 is 4.92 Å². The van der Waals surface area contributed by atoms with Crippen molar-refractivity contribution in [2.75, 3.05) is 0 Å². The fourth-order valence-electron chi connectivity index (χ4n) is 2.28. The van der Waals surface area contributed by atoms with Gasteiger partial charge in [0.1, 0.15) is 0 Å². The van der Waals surface area contributed by atoms with Crippen LogP contribution in [0.3, 0.4) is 0 Å². The number of nitrogens with zero attached hydrogens (tertiary/aromatic N) is 2. The van der Waals surface area contributed by atoms with E-state index in [0.717, 1.165) is 16.3 Å². The van der Waals surface area contributed by atoms with Crippen molar-refractivity contribution < 1.29 is 9.45 Å². The molecule has 3 rings (SSSR count). The lowest BCUT2D eigenvalue weighted by molar-refractivity contribution is -0.386. The number of benzene rings is 2. The normalized spacial score (nSPS) is 11.3. The molecule has 0 fully saturated rings. The van der Waals surface area contributed by atoms with E-state index in [1.807, 2.05) is 48.5 Å². The predicted octanol–water partition coefficient (Wildman–Crippen LogP) is 4.21. The van der Waals surface area contributed by atoms with Gasteiger partial charge in [0.05, 0.1) is 4.92 Å². The number of fused-ring (bicyclic) bond motifs is 1. The van der Waals surface area contributed by atoms with E-state index in [1.54, 1.807) is 6.08 Å². The standard InChI is InChI=1S/C16H12N2O3/c1-11-16(18(19)20)15(17-21-11)10-9-13-7-4-6-12-5-2-3-8-14(12)13/h2-10H,1H3/b10-9+. The topological polar surface area (TPSA) is 69.2 Å². The maximum Gasteiger partial charge on any atom is 0.338 e. The molecule has 0 saturated carbocycles. The molecule has 2 aromatic carbocycles. The highest BCUT2D eigenvalue weighted by molar-refractivity contribution is 5.92. The van der Waals surface area contributed by atoms with Gasteiger partial charge in [-0.1, -0.05) is 53.7 Å². The van der Waals surface area contributed by atoms with Crippen molar-refractivity contribution >= 4 is 28.6 Å². The van der Waals surface area contributed by atoms with Gasteiger partial charge in [0, 0.05) is 6.92 Å². The zero-order valence-corrected chi connectivity index (χ0v) is 11.3. The summed E-state index contributed by atoms with van der Waals surface area (Å²) >= 11 is 0. The summed E-state index contributed by atoms with van der Waals surface area (Å²) in [5, 5.41) is 16.9. The Morgan fingerprint density at radius 1 is 1.14 bits per heavy atom. The summed E-state index contributed by atoms with van der Waals surface area (Å²) in [6.45, 7) is 1.53. The average Bonchev–Trinajstić information content (AvgIpc) is 2.86. The van der Waals surface area contributed by atoms with Crippen LogP contribution in [-0.4, -0.2) is 10.1 Å². The number of nitro groups is 1. The summed E-state index contributed by atoms with van der Waals surface area (Å²) in [5.74, 6) is 0.206. The molecular weight excluding hydrogens is 268 g/mol. The number of rotatable bonds is 3. The van der Waals surface area contributed by atoms with E-state index in [9.17, 15) is 10.1 Å². The Bertz CT molecular complexity index is 844. The fraction of sp³-hybridized carbons (Fsp3) is 0.0625. The molecule has 0 amide bonds. The van der Waals surface area contributed by atoms with E-state index in [4.69, 9.17) is 4.52 Å². The Morgan fingerprint density at radius 2 is 1.90 bits per heavy atom. The highest BCUT2D eigenvalue weighted by Crippen LogP contribution is 2.25. The summed E-state index contributed by atoms with van der Waals surface area (Å²) in [7, 11) is 0. The molecule has 0 atom stereocenters. The van der Waals surface area contributed by atoms with Crippen molar-refractivity contribution in [2.24, 2.45) is 0 Å². The average molecular weight is 280 g/mol. The fourth-order valence-corrected chi connectivity index (χ4v) is 2.28. The summed E-state index contributed by atoms with van der Waals surface area (Å²) in [6.07, 6.45) is 3.42. The molecule has 0 aliphatic carbocycles. The van der Waals surface area contributed by atoms with Crippen LogP contribution in [0.15, 0.2) is 47.0 Å². The zero-order valence-electron chi connectivity index (χ0n) is 11.3. The van der Waals surface area contributed by atoms with E-state index in [0.29, 0.717) is 0 Å². The van der Waals surface area contributed by atoms with Crippen LogP contribution in [0.5, 0.6) is 0 Å². The first-order valence-electron chi connectivity index (χ1n) is 6.43. The second-order valence-corrected chi connectivity index (χ2v) is 4.63. The van der Waals surface area contributed by atoms with Crippen molar-refractivity contribution in [1.82, 2.24) is 5.16 Å². The Balaban J connectivity index is 2.05. The molecule has 3 aromatic rings. The van der Waals surface area contributed by atoms with Crippen LogP contribution in [0.25, 0.3) is 22.9 Å². The lowest BCUT2D eigenvalue weighted by atomic mass is 10.0. The lowest BCUT2D eigenvalue weighted by Gasteiger charge is -2.01. The second-order valence-electron chi connectivity index (χ2n) is 4.63. The monoisotopic (exact) mass is 280 g/mol. The molecule has 0 aliphatic rings. The van der Waals surface area contributed by atoms with Crippen molar-refractivity contribution in [1.29, 1.82) is 0 Å². The molecule has 1 heterocycles. The molecule has 104 valence electrons. The van der Waals surface area contributed by atoms with Crippen LogP contribution in [0.4, 0.5) is 5.69 Å². The number of aryl methyl sites for hydroxylation is 1. The van der Waals surface area contributed by atoms with Gasteiger partial charge in [0.25, 0.3) is 0 Å². The SMILES string of the molecule is Cc1onc(/C=C/c2cccc3ccccc23)c1[N+](=O)[O-]. The highest BCUT2D eigenvalue weighted by Gasteiger charge is 2.21. The van der Waals surface area contributed by atoms with Crippen molar-refractivity contribution in [3.8, 4) is 0 Å². The van der Waals surface area contributed by atoms with Crippen molar-refractivity contribution in [3.05, 3.63) is 69.6 Å². The molecule has 5 heteroatoms. The van der Waals surface area contributed by atoms with Crippen molar-refractivity contribution in [3.63, 3.8) is 0 Å². The molecule has 0 spiro atoms. The molecule has 0 aliphatic heterocycles. The van der Waals surface area contributed by atoms with Crippen LogP contribution in [0.1, 0.15) is 17.0 Å². The van der Waals surface area contributed by atoms with Crippen LogP contribution in [-0.2, 0) is 0 Å². The molecule has 0 unspecified atom stereocenters. The maximum atomic E-state index is 11.0. The zero-order chi connectivity index (χ0) is 14.8. The highest BCUT2D eigenvalue weighted by atomic mass is 16.6. The van der Waals surface area contributed by atoms with Gasteiger partial charge in [0.2, 0.25) is 5.76 Å². The summed E-state index contributed by atoms with van der Waals surface area (Å²) in [5.41, 5.74) is 1.11. The van der Waals surface area contributed by atoms with Crippen LogP contribution >= 0.6 is 0 Å². The van der Waals surface area contributed by atoms with Crippen LogP contribution < -0.4 is 0 Å². The summed E-state index contributed by atoms with van der Waals surface area (Å²) in [4.78, 5) is 10.5. The third-order valence-corrected chi connectivity index (χ3v) is 3.28. The predicted molar refractivity (Wildman–Crippen MR) is 80.8 cm³/mol. The van der Waals surface area contributed by atoms with E-state index >= 15 is 0 Å². The minimum Gasteiger partial charge on any atom is -0.354 e. The third-order valence-electron chi connectivity index (χ3n) is 3.28.